The Bertz CT molecular complexity index is 648. The van der Waals surface area contributed by atoms with Gasteiger partial charge in [-0.25, -0.2) is 13.1 Å². The summed E-state index contributed by atoms with van der Waals surface area (Å²) in [6.45, 7) is 1.90. The van der Waals surface area contributed by atoms with Gasteiger partial charge in [0.05, 0.1) is 25.0 Å². The molecule has 0 heterocycles. The molecule has 0 unspecified atom stereocenters. The fourth-order valence-electron chi connectivity index (χ4n) is 1.77. The number of benzene rings is 1. The molecule has 0 saturated carbocycles. The standard InChI is InChI=1S/C15H19NO5S/c1-4-7-12(10-15(17)21-5-2)16-22(18,19)14-9-6-8-13(11-14)20-3/h1,6,8-9,11-12,16H,5,7,10H2,2-3H3/t12-/m0/s1. The monoisotopic (exact) mass is 325 g/mol. The predicted octanol–water partition coefficient (Wildman–Crippen LogP) is 1.32. The number of carbonyl (C=O) groups excluding carboxylic acids is 1. The van der Waals surface area contributed by atoms with Crippen molar-refractivity contribution in [2.45, 2.75) is 30.7 Å². The number of methoxy groups -OCH3 is 1. The summed E-state index contributed by atoms with van der Waals surface area (Å²) in [7, 11) is -2.36. The number of hydrogen-bond donors (Lipinski definition) is 1. The molecule has 0 aliphatic carbocycles. The van der Waals surface area contributed by atoms with Gasteiger partial charge in [-0.05, 0) is 19.1 Å². The summed E-state index contributed by atoms with van der Waals surface area (Å²) in [5.74, 6) is 2.27. The molecule has 1 aromatic carbocycles. The van der Waals surface area contributed by atoms with Gasteiger partial charge in [-0.2, -0.15) is 0 Å². The van der Waals surface area contributed by atoms with Crippen molar-refractivity contribution >= 4 is 16.0 Å². The highest BCUT2D eigenvalue weighted by Gasteiger charge is 2.22. The number of nitrogens with one attached hydrogen (secondary N) is 1. The summed E-state index contributed by atoms with van der Waals surface area (Å²) in [5.41, 5.74) is 0. The van der Waals surface area contributed by atoms with Gasteiger partial charge in [-0.3, -0.25) is 4.79 Å². The molecule has 0 aromatic heterocycles. The SMILES string of the molecule is C#CC[C@@H](CC(=O)OCC)NS(=O)(=O)c1cccc(OC)c1. The summed E-state index contributed by atoms with van der Waals surface area (Å²) >= 11 is 0. The van der Waals surface area contributed by atoms with E-state index in [-0.39, 0.29) is 24.3 Å². The third kappa shape index (κ3) is 5.39. The van der Waals surface area contributed by atoms with E-state index >= 15 is 0 Å². The van der Waals surface area contributed by atoms with Crippen LogP contribution in [-0.2, 0) is 19.6 Å². The van der Waals surface area contributed by atoms with Crippen LogP contribution in [0.3, 0.4) is 0 Å². The van der Waals surface area contributed by atoms with Gasteiger partial charge >= 0.3 is 5.97 Å². The summed E-state index contributed by atoms with van der Waals surface area (Å²) < 4.78 is 36.9. The molecule has 120 valence electrons. The lowest BCUT2D eigenvalue weighted by Crippen LogP contribution is -2.36. The summed E-state index contributed by atoms with van der Waals surface area (Å²) in [6.07, 6.45) is 5.19. The molecule has 0 amide bonds. The Balaban J connectivity index is 2.90. The van der Waals surface area contributed by atoms with E-state index < -0.39 is 22.0 Å². The van der Waals surface area contributed by atoms with Crippen LogP contribution in [-0.4, -0.2) is 34.1 Å². The van der Waals surface area contributed by atoms with Crippen LogP contribution in [0.2, 0.25) is 0 Å². The van der Waals surface area contributed by atoms with E-state index in [4.69, 9.17) is 15.9 Å². The lowest BCUT2D eigenvalue weighted by atomic mass is 10.1. The van der Waals surface area contributed by atoms with Crippen LogP contribution in [0, 0.1) is 12.3 Å². The van der Waals surface area contributed by atoms with Crippen LogP contribution in [0.1, 0.15) is 19.8 Å². The zero-order valence-electron chi connectivity index (χ0n) is 12.5. The fraction of sp³-hybridized carbons (Fsp3) is 0.400. The lowest BCUT2D eigenvalue weighted by molar-refractivity contribution is -0.143. The number of carbonyl (C=O) groups is 1. The van der Waals surface area contributed by atoms with Gasteiger partial charge in [0.1, 0.15) is 5.75 Å². The molecule has 1 aromatic rings. The molecule has 0 bridgehead atoms. The molecular weight excluding hydrogens is 306 g/mol. The number of hydrogen-bond acceptors (Lipinski definition) is 5. The van der Waals surface area contributed by atoms with E-state index in [1.54, 1.807) is 19.1 Å². The number of rotatable bonds is 8. The smallest absolute Gasteiger partial charge is 0.307 e. The second kappa shape index (κ2) is 8.41. The van der Waals surface area contributed by atoms with Gasteiger partial charge in [0.2, 0.25) is 10.0 Å². The highest BCUT2D eigenvalue weighted by atomic mass is 32.2. The fourth-order valence-corrected chi connectivity index (χ4v) is 3.05. The average Bonchev–Trinajstić information content (AvgIpc) is 2.47. The van der Waals surface area contributed by atoms with Gasteiger partial charge in [0, 0.05) is 18.5 Å². The molecule has 0 spiro atoms. The highest BCUT2D eigenvalue weighted by Crippen LogP contribution is 2.18. The Morgan fingerprint density at radius 1 is 1.45 bits per heavy atom. The van der Waals surface area contributed by atoms with E-state index in [1.165, 1.54) is 19.2 Å². The normalized spacial score (nSPS) is 12.2. The van der Waals surface area contributed by atoms with Crippen molar-refractivity contribution in [1.29, 1.82) is 0 Å². The summed E-state index contributed by atoms with van der Waals surface area (Å²) in [4.78, 5) is 11.5. The maximum Gasteiger partial charge on any atom is 0.307 e. The van der Waals surface area contributed by atoms with Crippen molar-refractivity contribution in [3.05, 3.63) is 24.3 Å². The van der Waals surface area contributed by atoms with Gasteiger partial charge < -0.3 is 9.47 Å². The van der Waals surface area contributed by atoms with Gasteiger partial charge in [0.25, 0.3) is 0 Å². The van der Waals surface area contributed by atoms with E-state index in [1.807, 2.05) is 0 Å². The van der Waals surface area contributed by atoms with Gasteiger partial charge in [-0.1, -0.05) is 6.07 Å². The zero-order chi connectivity index (χ0) is 16.6. The van der Waals surface area contributed by atoms with Crippen molar-refractivity contribution < 1.29 is 22.7 Å². The largest absolute Gasteiger partial charge is 0.497 e. The molecule has 22 heavy (non-hydrogen) atoms. The van der Waals surface area contributed by atoms with E-state index in [0.717, 1.165) is 0 Å². The molecule has 0 aliphatic heterocycles. The minimum atomic E-state index is -3.81. The van der Waals surface area contributed by atoms with Crippen molar-refractivity contribution in [2.75, 3.05) is 13.7 Å². The number of sulfonamides is 1. The Hall–Kier alpha value is -2.04. The summed E-state index contributed by atoms with van der Waals surface area (Å²) in [5, 5.41) is 0. The second-order valence-electron chi connectivity index (χ2n) is 4.41. The molecule has 6 nitrogen and oxygen atoms in total. The average molecular weight is 325 g/mol. The van der Waals surface area contributed by atoms with Crippen molar-refractivity contribution in [2.24, 2.45) is 0 Å². The molecule has 0 aliphatic rings. The van der Waals surface area contributed by atoms with Crippen LogP contribution in [0.25, 0.3) is 0 Å². The highest BCUT2D eigenvalue weighted by molar-refractivity contribution is 7.89. The zero-order valence-corrected chi connectivity index (χ0v) is 13.4. The first-order valence-corrected chi connectivity index (χ1v) is 8.16. The van der Waals surface area contributed by atoms with E-state index in [9.17, 15) is 13.2 Å². The maximum atomic E-state index is 12.3. The lowest BCUT2D eigenvalue weighted by Gasteiger charge is -2.16. The maximum absolute atomic E-state index is 12.3. The molecule has 1 N–H and O–H groups in total. The quantitative estimate of drug-likeness (QED) is 0.576. The van der Waals surface area contributed by atoms with E-state index in [0.29, 0.717) is 5.75 Å². The van der Waals surface area contributed by atoms with Crippen LogP contribution in [0.15, 0.2) is 29.2 Å². The van der Waals surface area contributed by atoms with Crippen molar-refractivity contribution in [3.63, 3.8) is 0 Å². The molecule has 7 heteroatoms. The Morgan fingerprint density at radius 3 is 2.77 bits per heavy atom. The van der Waals surface area contributed by atoms with E-state index in [2.05, 4.69) is 10.6 Å². The third-order valence-electron chi connectivity index (χ3n) is 2.76. The molecule has 1 atom stereocenters. The molecule has 0 saturated heterocycles. The molecule has 0 fully saturated rings. The Labute approximate surface area is 130 Å². The van der Waals surface area contributed by atoms with Gasteiger partial charge in [-0.15, -0.1) is 12.3 Å². The first-order chi connectivity index (χ1) is 10.4. The van der Waals surface area contributed by atoms with Crippen LogP contribution in [0.5, 0.6) is 5.75 Å². The first-order valence-electron chi connectivity index (χ1n) is 6.68. The molecule has 0 radical (unpaired) electrons. The van der Waals surface area contributed by atoms with Crippen molar-refractivity contribution in [1.82, 2.24) is 4.72 Å². The predicted molar refractivity (Wildman–Crippen MR) is 81.8 cm³/mol. The second-order valence-corrected chi connectivity index (χ2v) is 6.13. The Kier molecular flexibility index (Phi) is 6.89. The summed E-state index contributed by atoms with van der Waals surface area (Å²) in [6, 6.07) is 5.30. The molecular formula is C15H19NO5S. The number of ether oxygens (including phenoxy) is 2. The van der Waals surface area contributed by atoms with Gasteiger partial charge in [0.15, 0.2) is 0 Å². The topological polar surface area (TPSA) is 81.7 Å². The Morgan fingerprint density at radius 2 is 2.18 bits per heavy atom. The number of esters is 1. The minimum absolute atomic E-state index is 0.0396. The molecule has 1 rings (SSSR count). The first kappa shape index (κ1) is 18.0. The third-order valence-corrected chi connectivity index (χ3v) is 4.27. The minimum Gasteiger partial charge on any atom is -0.497 e. The number of terminal acetylenes is 1. The van der Waals surface area contributed by atoms with Crippen molar-refractivity contribution in [3.8, 4) is 18.1 Å². The van der Waals surface area contributed by atoms with Crippen LogP contribution < -0.4 is 9.46 Å². The van der Waals surface area contributed by atoms with Crippen LogP contribution in [0.4, 0.5) is 0 Å². The van der Waals surface area contributed by atoms with Crippen LogP contribution >= 0.6 is 0 Å².